The van der Waals surface area contributed by atoms with Crippen molar-refractivity contribution < 1.29 is 19.0 Å². The fraction of sp³-hybridized carbons (Fsp3) is 0.412. The maximum absolute atomic E-state index is 14.1. The highest BCUT2D eigenvalue weighted by atomic mass is 32.1. The SMILES string of the molecule is CN1CCc2cc(OCCCc3scnc3C(=O)O)c(F)cc2C1. The van der Waals surface area contributed by atoms with Crippen molar-refractivity contribution in [1.82, 2.24) is 9.88 Å². The van der Waals surface area contributed by atoms with E-state index in [1.807, 2.05) is 7.05 Å². The van der Waals surface area contributed by atoms with Gasteiger partial charge >= 0.3 is 5.97 Å². The predicted octanol–water partition coefficient (Wildman–Crippen LogP) is 2.98. The first kappa shape index (κ1) is 16.9. The third-order valence-electron chi connectivity index (χ3n) is 4.11. The van der Waals surface area contributed by atoms with E-state index in [4.69, 9.17) is 9.84 Å². The van der Waals surface area contributed by atoms with Crippen LogP contribution >= 0.6 is 11.3 Å². The van der Waals surface area contributed by atoms with Crippen molar-refractivity contribution in [2.24, 2.45) is 0 Å². The van der Waals surface area contributed by atoms with Gasteiger partial charge in [-0.15, -0.1) is 11.3 Å². The van der Waals surface area contributed by atoms with E-state index < -0.39 is 5.97 Å². The van der Waals surface area contributed by atoms with Gasteiger partial charge in [0.25, 0.3) is 0 Å². The minimum Gasteiger partial charge on any atom is -0.490 e. The first-order valence-electron chi connectivity index (χ1n) is 7.83. The maximum atomic E-state index is 14.1. The van der Waals surface area contributed by atoms with E-state index in [0.717, 1.165) is 35.5 Å². The van der Waals surface area contributed by atoms with Crippen LogP contribution in [0.1, 0.15) is 32.9 Å². The zero-order valence-electron chi connectivity index (χ0n) is 13.4. The molecule has 24 heavy (non-hydrogen) atoms. The molecule has 0 bridgehead atoms. The van der Waals surface area contributed by atoms with Crippen molar-refractivity contribution in [2.45, 2.75) is 25.8 Å². The molecule has 3 rings (SSSR count). The highest BCUT2D eigenvalue weighted by molar-refractivity contribution is 7.09. The van der Waals surface area contributed by atoms with Gasteiger partial charge in [-0.25, -0.2) is 14.2 Å². The predicted molar refractivity (Wildman–Crippen MR) is 89.3 cm³/mol. The molecule has 5 nitrogen and oxygen atoms in total. The normalized spacial score (nSPS) is 14.4. The summed E-state index contributed by atoms with van der Waals surface area (Å²) < 4.78 is 19.7. The molecule has 2 aromatic rings. The number of aryl methyl sites for hydroxylation is 1. The molecule has 1 aliphatic rings. The topological polar surface area (TPSA) is 62.7 Å². The van der Waals surface area contributed by atoms with E-state index in [-0.39, 0.29) is 17.3 Å². The van der Waals surface area contributed by atoms with Gasteiger partial charge in [0, 0.05) is 18.0 Å². The molecule has 0 radical (unpaired) electrons. The van der Waals surface area contributed by atoms with E-state index in [0.29, 0.717) is 19.4 Å². The largest absolute Gasteiger partial charge is 0.490 e. The van der Waals surface area contributed by atoms with Crippen LogP contribution in [0.25, 0.3) is 0 Å². The third kappa shape index (κ3) is 3.73. The Kier molecular flexibility index (Phi) is 5.11. The summed E-state index contributed by atoms with van der Waals surface area (Å²) in [5.74, 6) is -1.08. The van der Waals surface area contributed by atoms with E-state index in [1.165, 1.54) is 16.8 Å². The number of halogens is 1. The highest BCUT2D eigenvalue weighted by Crippen LogP contribution is 2.27. The van der Waals surface area contributed by atoms with Crippen LogP contribution in [0.15, 0.2) is 17.6 Å². The Balaban J connectivity index is 1.57. The Morgan fingerprint density at radius 3 is 3.08 bits per heavy atom. The summed E-state index contributed by atoms with van der Waals surface area (Å²) in [6.45, 7) is 2.06. The zero-order chi connectivity index (χ0) is 17.1. The first-order valence-corrected chi connectivity index (χ1v) is 8.71. The van der Waals surface area contributed by atoms with Crippen LogP contribution in [0.2, 0.25) is 0 Å². The van der Waals surface area contributed by atoms with Gasteiger partial charge in [0.2, 0.25) is 0 Å². The molecule has 1 aromatic carbocycles. The number of thiazole rings is 1. The van der Waals surface area contributed by atoms with Crippen LogP contribution in [0.4, 0.5) is 4.39 Å². The van der Waals surface area contributed by atoms with Crippen molar-refractivity contribution in [3.05, 3.63) is 45.2 Å². The van der Waals surface area contributed by atoms with E-state index in [9.17, 15) is 9.18 Å². The third-order valence-corrected chi connectivity index (χ3v) is 5.00. The van der Waals surface area contributed by atoms with Gasteiger partial charge in [0.05, 0.1) is 12.1 Å². The number of hydrogen-bond donors (Lipinski definition) is 1. The van der Waals surface area contributed by atoms with Crippen LogP contribution in [-0.2, 0) is 19.4 Å². The smallest absolute Gasteiger partial charge is 0.355 e. The van der Waals surface area contributed by atoms with Crippen LogP contribution < -0.4 is 4.74 Å². The average molecular weight is 350 g/mol. The molecule has 0 aliphatic carbocycles. The van der Waals surface area contributed by atoms with Crippen molar-refractivity contribution in [1.29, 1.82) is 0 Å². The van der Waals surface area contributed by atoms with Crippen molar-refractivity contribution >= 4 is 17.3 Å². The minimum atomic E-state index is -1.02. The summed E-state index contributed by atoms with van der Waals surface area (Å²) >= 11 is 1.32. The molecule has 1 N–H and O–H groups in total. The van der Waals surface area contributed by atoms with Crippen LogP contribution in [0, 0.1) is 5.82 Å². The fourth-order valence-electron chi connectivity index (χ4n) is 2.85. The number of rotatable bonds is 6. The standard InChI is InChI=1S/C17H19FN2O3S/c1-20-5-4-11-8-14(13(18)7-12(11)9-20)23-6-2-3-15-16(17(21)22)19-10-24-15/h7-8,10H,2-6,9H2,1H3,(H,21,22). The second-order valence-electron chi connectivity index (χ2n) is 5.92. The van der Waals surface area contributed by atoms with Gasteiger partial charge in [-0.2, -0.15) is 0 Å². The number of nitrogens with zero attached hydrogens (tertiary/aromatic N) is 2. The molecule has 1 aromatic heterocycles. The Labute approximate surface area is 143 Å². The van der Waals surface area contributed by atoms with Crippen LogP contribution in [0.3, 0.4) is 0 Å². The van der Waals surface area contributed by atoms with Gasteiger partial charge in [-0.1, -0.05) is 0 Å². The molecule has 2 heterocycles. The summed E-state index contributed by atoms with van der Waals surface area (Å²) in [5.41, 5.74) is 3.79. The first-order chi connectivity index (χ1) is 11.5. The second kappa shape index (κ2) is 7.27. The van der Waals surface area contributed by atoms with Crippen molar-refractivity contribution in [3.8, 4) is 5.75 Å². The molecule has 1 aliphatic heterocycles. The molecular formula is C17H19FN2O3S. The Morgan fingerprint density at radius 1 is 1.46 bits per heavy atom. The van der Waals surface area contributed by atoms with E-state index in [2.05, 4.69) is 9.88 Å². The van der Waals surface area contributed by atoms with Gasteiger partial charge in [0.15, 0.2) is 17.3 Å². The number of carboxylic acid groups (broad SMARTS) is 1. The number of aromatic carboxylic acids is 1. The lowest BCUT2D eigenvalue weighted by Crippen LogP contribution is -2.26. The van der Waals surface area contributed by atoms with E-state index >= 15 is 0 Å². The van der Waals surface area contributed by atoms with Crippen LogP contribution in [-0.4, -0.2) is 41.2 Å². The number of carbonyl (C=O) groups is 1. The summed E-state index contributed by atoms with van der Waals surface area (Å²) in [5, 5.41) is 9.02. The Morgan fingerprint density at radius 2 is 2.29 bits per heavy atom. The number of aromatic nitrogens is 1. The number of carboxylic acids is 1. The van der Waals surface area contributed by atoms with Crippen LogP contribution in [0.5, 0.6) is 5.75 Å². The lowest BCUT2D eigenvalue weighted by molar-refractivity contribution is 0.0690. The number of ether oxygens (including phenoxy) is 1. The second-order valence-corrected chi connectivity index (χ2v) is 6.86. The number of fused-ring (bicyclic) bond motifs is 1. The molecule has 0 spiro atoms. The number of likely N-dealkylation sites (N-methyl/N-ethyl adjacent to an activating group) is 1. The Bertz CT molecular complexity index is 747. The monoisotopic (exact) mass is 350 g/mol. The van der Waals surface area contributed by atoms with E-state index in [1.54, 1.807) is 12.1 Å². The molecular weight excluding hydrogens is 331 g/mol. The van der Waals surface area contributed by atoms with Gasteiger partial charge < -0.3 is 14.7 Å². The zero-order valence-corrected chi connectivity index (χ0v) is 14.2. The van der Waals surface area contributed by atoms with Crippen molar-refractivity contribution in [2.75, 3.05) is 20.2 Å². The maximum Gasteiger partial charge on any atom is 0.355 e. The number of hydrogen-bond acceptors (Lipinski definition) is 5. The quantitative estimate of drug-likeness (QED) is 0.812. The molecule has 128 valence electrons. The lowest BCUT2D eigenvalue weighted by atomic mass is 9.99. The summed E-state index contributed by atoms with van der Waals surface area (Å²) in [7, 11) is 2.02. The van der Waals surface area contributed by atoms with Gasteiger partial charge in [-0.3, -0.25) is 0 Å². The van der Waals surface area contributed by atoms with Gasteiger partial charge in [0.1, 0.15) is 0 Å². The fourth-order valence-corrected chi connectivity index (χ4v) is 3.64. The average Bonchev–Trinajstić information content (AvgIpc) is 3.00. The number of benzene rings is 1. The lowest BCUT2D eigenvalue weighted by Gasteiger charge is -2.25. The molecule has 0 unspecified atom stereocenters. The summed E-state index contributed by atoms with van der Waals surface area (Å²) in [6, 6.07) is 3.36. The van der Waals surface area contributed by atoms with Crippen molar-refractivity contribution in [3.63, 3.8) is 0 Å². The van der Waals surface area contributed by atoms with Gasteiger partial charge in [-0.05, 0) is 49.6 Å². The minimum absolute atomic E-state index is 0.101. The Hall–Kier alpha value is -1.99. The molecule has 0 fully saturated rings. The highest BCUT2D eigenvalue weighted by Gasteiger charge is 2.17. The summed E-state index contributed by atoms with van der Waals surface area (Å²) in [6.07, 6.45) is 2.07. The molecule has 7 heteroatoms. The molecule has 0 amide bonds. The molecule has 0 saturated heterocycles. The molecule has 0 saturated carbocycles. The molecule has 0 atom stereocenters. The summed E-state index contributed by atoms with van der Waals surface area (Å²) in [4.78, 5) is 17.7.